The van der Waals surface area contributed by atoms with Crippen LogP contribution in [-0.2, 0) is 16.6 Å². The van der Waals surface area contributed by atoms with Gasteiger partial charge in [-0.05, 0) is 38.8 Å². The van der Waals surface area contributed by atoms with Crippen LogP contribution < -0.4 is 10.5 Å². The van der Waals surface area contributed by atoms with Crippen molar-refractivity contribution in [3.63, 3.8) is 0 Å². The van der Waals surface area contributed by atoms with Crippen molar-refractivity contribution < 1.29 is 9.53 Å². The maximum atomic E-state index is 13.1. The van der Waals surface area contributed by atoms with E-state index in [1.807, 2.05) is 19.9 Å². The summed E-state index contributed by atoms with van der Waals surface area (Å²) in [6, 6.07) is 2.05. The van der Waals surface area contributed by atoms with Crippen LogP contribution in [0.25, 0.3) is 6.08 Å². The highest BCUT2D eigenvalue weighted by molar-refractivity contribution is 8.26. The summed E-state index contributed by atoms with van der Waals surface area (Å²) in [5.41, 5.74) is 1.04. The molecule has 3 heterocycles. The number of unbranched alkanes of at least 4 members (excludes halogenated alkanes) is 2. The first kappa shape index (κ1) is 24.5. The number of pyridine rings is 1. The minimum atomic E-state index is -0.337. The van der Waals surface area contributed by atoms with Crippen LogP contribution in [0.4, 0.5) is 5.82 Å². The van der Waals surface area contributed by atoms with Crippen LogP contribution >= 0.6 is 24.0 Å². The summed E-state index contributed by atoms with van der Waals surface area (Å²) in [5.74, 6) is 0.585. The van der Waals surface area contributed by atoms with Gasteiger partial charge in [0.2, 0.25) is 0 Å². The first-order valence-electron chi connectivity index (χ1n) is 11.0. The quantitative estimate of drug-likeness (QED) is 0.354. The number of carbonyl (C=O) groups excluding carboxylic acids is 1. The van der Waals surface area contributed by atoms with Crippen LogP contribution in [-0.4, -0.2) is 51.5 Å². The smallest absolute Gasteiger partial charge is 0.270 e. The van der Waals surface area contributed by atoms with Gasteiger partial charge < -0.3 is 9.64 Å². The molecule has 1 aromatic rings. The molecule has 9 heteroatoms. The average Bonchev–Trinajstić information content (AvgIpc) is 2.99. The maximum absolute atomic E-state index is 13.1. The van der Waals surface area contributed by atoms with Crippen LogP contribution in [0.3, 0.4) is 0 Å². The van der Waals surface area contributed by atoms with E-state index in [-0.39, 0.29) is 29.2 Å². The molecule has 2 unspecified atom stereocenters. The monoisotopic (exact) mass is 474 g/mol. The van der Waals surface area contributed by atoms with Crippen molar-refractivity contribution in [2.75, 3.05) is 24.5 Å². The highest BCUT2D eigenvalue weighted by Crippen LogP contribution is 2.36. The van der Waals surface area contributed by atoms with Crippen LogP contribution in [0.15, 0.2) is 9.70 Å². The number of amides is 1. The van der Waals surface area contributed by atoms with Crippen LogP contribution in [0.5, 0.6) is 0 Å². The maximum Gasteiger partial charge on any atom is 0.270 e. The highest BCUT2D eigenvalue weighted by Gasteiger charge is 2.33. The van der Waals surface area contributed by atoms with Gasteiger partial charge in [-0.15, -0.1) is 0 Å². The van der Waals surface area contributed by atoms with E-state index in [1.54, 1.807) is 24.9 Å². The largest absolute Gasteiger partial charge is 0.372 e. The predicted octanol–water partition coefficient (Wildman–Crippen LogP) is 3.57. The van der Waals surface area contributed by atoms with E-state index >= 15 is 0 Å². The second-order valence-corrected chi connectivity index (χ2v) is 10.1. The van der Waals surface area contributed by atoms with E-state index < -0.39 is 0 Å². The van der Waals surface area contributed by atoms with Crippen molar-refractivity contribution in [1.82, 2.24) is 9.47 Å². The zero-order valence-corrected chi connectivity index (χ0v) is 20.9. The Morgan fingerprint density at radius 2 is 1.91 bits per heavy atom. The minimum Gasteiger partial charge on any atom is -0.372 e. The zero-order chi connectivity index (χ0) is 23.6. The molecule has 2 saturated heterocycles. The second-order valence-electron chi connectivity index (χ2n) is 8.42. The molecule has 3 rings (SSSR count). The Labute approximate surface area is 199 Å². The summed E-state index contributed by atoms with van der Waals surface area (Å²) < 4.78 is 7.94. The van der Waals surface area contributed by atoms with E-state index in [0.717, 1.165) is 19.3 Å². The van der Waals surface area contributed by atoms with Crippen LogP contribution in [0.2, 0.25) is 0 Å². The number of anilines is 1. The predicted molar refractivity (Wildman–Crippen MR) is 133 cm³/mol. The SMILES string of the molecule is CCCCCN1C(=O)C(=Cc2c(C)c(C#N)c(=O)n(C)c2N2CC(C)OC(C)C2)SC1=S. The molecule has 1 amide bonds. The molecule has 0 N–H and O–H groups in total. The molecule has 1 aromatic heterocycles. The number of carbonyl (C=O) groups is 1. The molecule has 2 atom stereocenters. The van der Waals surface area contributed by atoms with Crippen molar-refractivity contribution in [2.45, 2.75) is 59.2 Å². The average molecular weight is 475 g/mol. The number of morpholine rings is 1. The third-order valence-corrected chi connectivity index (χ3v) is 7.20. The van der Waals surface area contributed by atoms with E-state index in [1.165, 1.54) is 16.3 Å². The summed E-state index contributed by atoms with van der Waals surface area (Å²) >= 11 is 6.75. The van der Waals surface area contributed by atoms with Crippen molar-refractivity contribution >= 4 is 46.1 Å². The third-order valence-electron chi connectivity index (χ3n) is 5.82. The molecular weight excluding hydrogens is 444 g/mol. The van der Waals surface area contributed by atoms with Gasteiger partial charge in [0.25, 0.3) is 11.5 Å². The lowest BCUT2D eigenvalue weighted by Gasteiger charge is -2.38. The summed E-state index contributed by atoms with van der Waals surface area (Å²) in [6.45, 7) is 9.72. The number of hydrogen-bond acceptors (Lipinski definition) is 7. The van der Waals surface area contributed by atoms with Gasteiger partial charge in [0.15, 0.2) is 0 Å². The molecule has 32 heavy (non-hydrogen) atoms. The van der Waals surface area contributed by atoms with Crippen molar-refractivity contribution in [3.05, 3.63) is 31.9 Å². The Morgan fingerprint density at radius 3 is 2.50 bits per heavy atom. The van der Waals surface area contributed by atoms with Crippen LogP contribution in [0.1, 0.15) is 56.7 Å². The molecule has 0 radical (unpaired) electrons. The molecular formula is C23H30N4O3S2. The van der Waals surface area contributed by atoms with Gasteiger partial charge in [-0.1, -0.05) is 43.7 Å². The third kappa shape index (κ3) is 4.77. The lowest BCUT2D eigenvalue weighted by Crippen LogP contribution is -2.47. The van der Waals surface area contributed by atoms with E-state index in [2.05, 4.69) is 11.8 Å². The summed E-state index contributed by atoms with van der Waals surface area (Å²) in [5, 5.41) is 9.63. The fraction of sp³-hybridized carbons (Fsp3) is 0.565. The molecule has 7 nitrogen and oxygen atoms in total. The number of aromatic nitrogens is 1. The van der Waals surface area contributed by atoms with Gasteiger partial charge >= 0.3 is 0 Å². The number of thiocarbonyl (C=S) groups is 1. The topological polar surface area (TPSA) is 78.6 Å². The Morgan fingerprint density at radius 1 is 1.25 bits per heavy atom. The van der Waals surface area contributed by atoms with Crippen molar-refractivity contribution in [2.24, 2.45) is 7.05 Å². The summed E-state index contributed by atoms with van der Waals surface area (Å²) in [7, 11) is 1.68. The van der Waals surface area contributed by atoms with Crippen LogP contribution in [0, 0.1) is 18.3 Å². The number of ether oxygens (including phenoxy) is 1. The second kappa shape index (κ2) is 10.2. The first-order valence-corrected chi connectivity index (χ1v) is 12.2. The van der Waals surface area contributed by atoms with Gasteiger partial charge in [-0.2, -0.15) is 5.26 Å². The standard InChI is InChI=1S/C23H30N4O3S2/c1-6-7-8-9-27-22(29)19(32-23(27)31)10-17-16(4)18(11-24)21(28)25(5)20(17)26-12-14(2)30-15(3)13-26/h10,14-15H,6-9,12-13H2,1-5H3. The highest BCUT2D eigenvalue weighted by atomic mass is 32.2. The number of rotatable bonds is 6. The van der Waals surface area contributed by atoms with Crippen molar-refractivity contribution in [3.8, 4) is 6.07 Å². The molecule has 0 aliphatic carbocycles. The zero-order valence-electron chi connectivity index (χ0n) is 19.3. The molecule has 0 saturated carbocycles. The fourth-order valence-corrected chi connectivity index (χ4v) is 5.58. The molecule has 2 aliphatic rings. The normalized spacial score (nSPS) is 22.7. The number of hydrogen-bond donors (Lipinski definition) is 0. The molecule has 2 aliphatic heterocycles. The summed E-state index contributed by atoms with van der Waals surface area (Å²) in [6.07, 6.45) is 4.80. The lowest BCUT2D eigenvalue weighted by atomic mass is 10.0. The lowest BCUT2D eigenvalue weighted by molar-refractivity contribution is -0.122. The molecule has 0 aromatic carbocycles. The molecule has 172 valence electrons. The van der Waals surface area contributed by atoms with Gasteiger partial charge in [-0.25, -0.2) is 0 Å². The van der Waals surface area contributed by atoms with Gasteiger partial charge in [0.1, 0.15) is 21.8 Å². The Hall–Kier alpha value is -2.15. The Kier molecular flexibility index (Phi) is 7.80. The van der Waals surface area contributed by atoms with E-state index in [9.17, 15) is 14.9 Å². The number of thioether (sulfide) groups is 1. The van der Waals surface area contributed by atoms with Gasteiger partial charge in [0, 0.05) is 32.2 Å². The summed E-state index contributed by atoms with van der Waals surface area (Å²) in [4.78, 5) is 30.3. The van der Waals surface area contributed by atoms with Gasteiger partial charge in [-0.3, -0.25) is 19.1 Å². The molecule has 0 spiro atoms. The van der Waals surface area contributed by atoms with E-state index in [4.69, 9.17) is 17.0 Å². The van der Waals surface area contributed by atoms with Gasteiger partial charge in [0.05, 0.1) is 17.1 Å². The minimum absolute atomic E-state index is 0.00516. The van der Waals surface area contributed by atoms with E-state index in [0.29, 0.717) is 45.8 Å². The fourth-order valence-electron chi connectivity index (χ4n) is 4.29. The molecule has 0 bridgehead atoms. The first-order chi connectivity index (χ1) is 15.2. The number of nitrogens with zero attached hydrogens (tertiary/aromatic N) is 4. The number of nitriles is 1. The Bertz CT molecular complexity index is 1050. The van der Waals surface area contributed by atoms with Crippen molar-refractivity contribution in [1.29, 1.82) is 5.26 Å². The Balaban J connectivity index is 2.10. The molecule has 2 fully saturated rings.